The van der Waals surface area contributed by atoms with Gasteiger partial charge in [-0.1, -0.05) is 33.6 Å². The summed E-state index contributed by atoms with van der Waals surface area (Å²) < 4.78 is 0.987. The van der Waals surface area contributed by atoms with E-state index in [0.717, 1.165) is 22.3 Å². The van der Waals surface area contributed by atoms with Crippen molar-refractivity contribution in [1.29, 1.82) is 0 Å². The Balaban J connectivity index is 2.18. The molecule has 19 heavy (non-hydrogen) atoms. The van der Waals surface area contributed by atoms with Gasteiger partial charge in [0.2, 0.25) is 0 Å². The molecular formula is C13H15BrClN3S. The lowest BCUT2D eigenvalue weighted by atomic mass is 10.1. The SMILES string of the molecule is CN(Cc1cscn1)C(CN)c1ccc(Cl)cc1Br. The van der Waals surface area contributed by atoms with E-state index in [1.807, 2.05) is 23.7 Å². The Morgan fingerprint density at radius 2 is 2.32 bits per heavy atom. The van der Waals surface area contributed by atoms with Crippen LogP contribution < -0.4 is 5.73 Å². The van der Waals surface area contributed by atoms with Crippen LogP contribution >= 0.6 is 38.9 Å². The summed E-state index contributed by atoms with van der Waals surface area (Å²) in [6, 6.07) is 5.94. The molecule has 0 aliphatic carbocycles. The Morgan fingerprint density at radius 1 is 1.53 bits per heavy atom. The zero-order valence-corrected chi connectivity index (χ0v) is 13.7. The first-order valence-corrected chi connectivity index (χ1v) is 7.95. The molecule has 0 saturated heterocycles. The van der Waals surface area contributed by atoms with Crippen LogP contribution in [0.15, 0.2) is 33.6 Å². The number of hydrogen-bond donors (Lipinski definition) is 1. The molecule has 102 valence electrons. The third-order valence-electron chi connectivity index (χ3n) is 2.97. The van der Waals surface area contributed by atoms with Gasteiger partial charge in [0.15, 0.2) is 0 Å². The monoisotopic (exact) mass is 359 g/mol. The second-order valence-corrected chi connectivity index (χ2v) is 6.32. The van der Waals surface area contributed by atoms with E-state index in [2.05, 4.69) is 38.2 Å². The van der Waals surface area contributed by atoms with E-state index in [9.17, 15) is 0 Å². The molecule has 0 amide bonds. The normalized spacial score (nSPS) is 12.9. The molecule has 0 aliphatic rings. The van der Waals surface area contributed by atoms with Gasteiger partial charge in [-0.05, 0) is 24.7 Å². The zero-order valence-electron chi connectivity index (χ0n) is 10.5. The summed E-state index contributed by atoms with van der Waals surface area (Å²) in [7, 11) is 2.05. The summed E-state index contributed by atoms with van der Waals surface area (Å²) in [4.78, 5) is 6.50. The Hall–Kier alpha value is -0.460. The van der Waals surface area contributed by atoms with Crippen LogP contribution in [0.3, 0.4) is 0 Å². The Labute approximate surface area is 130 Å². The Kier molecular flexibility index (Phi) is 5.36. The minimum absolute atomic E-state index is 0.133. The lowest BCUT2D eigenvalue weighted by Crippen LogP contribution is -2.30. The van der Waals surface area contributed by atoms with Gasteiger partial charge in [-0.3, -0.25) is 4.90 Å². The van der Waals surface area contributed by atoms with Gasteiger partial charge in [-0.2, -0.15) is 0 Å². The van der Waals surface area contributed by atoms with Crippen molar-refractivity contribution in [2.24, 2.45) is 5.73 Å². The lowest BCUT2D eigenvalue weighted by molar-refractivity contribution is 0.239. The maximum absolute atomic E-state index is 5.98. The molecule has 3 nitrogen and oxygen atoms in total. The summed E-state index contributed by atoms with van der Waals surface area (Å²) >= 11 is 11.1. The van der Waals surface area contributed by atoms with Crippen molar-refractivity contribution in [2.75, 3.05) is 13.6 Å². The van der Waals surface area contributed by atoms with E-state index < -0.39 is 0 Å². The number of nitrogens with two attached hydrogens (primary N) is 1. The van der Waals surface area contributed by atoms with Crippen molar-refractivity contribution in [2.45, 2.75) is 12.6 Å². The molecule has 1 heterocycles. The van der Waals surface area contributed by atoms with Gasteiger partial charge in [-0.25, -0.2) is 4.98 Å². The van der Waals surface area contributed by atoms with Gasteiger partial charge >= 0.3 is 0 Å². The average Bonchev–Trinajstić information content (AvgIpc) is 2.85. The molecule has 2 N–H and O–H groups in total. The highest BCUT2D eigenvalue weighted by atomic mass is 79.9. The summed E-state index contributed by atoms with van der Waals surface area (Å²) in [6.45, 7) is 1.32. The van der Waals surface area contributed by atoms with Crippen molar-refractivity contribution in [3.63, 3.8) is 0 Å². The molecule has 1 unspecified atom stereocenters. The van der Waals surface area contributed by atoms with Gasteiger partial charge in [0, 0.05) is 34.0 Å². The van der Waals surface area contributed by atoms with Gasteiger partial charge in [0.05, 0.1) is 11.2 Å². The molecule has 2 aromatic rings. The van der Waals surface area contributed by atoms with E-state index in [-0.39, 0.29) is 6.04 Å². The number of halogens is 2. The largest absolute Gasteiger partial charge is 0.329 e. The number of nitrogens with zero attached hydrogens (tertiary/aromatic N) is 2. The Bertz CT molecular complexity index is 533. The second-order valence-electron chi connectivity index (χ2n) is 4.31. The van der Waals surface area contributed by atoms with Gasteiger partial charge < -0.3 is 5.73 Å². The topological polar surface area (TPSA) is 42.2 Å². The van der Waals surface area contributed by atoms with Crippen LogP contribution in [0.25, 0.3) is 0 Å². The smallest absolute Gasteiger partial charge is 0.0795 e. The first-order valence-electron chi connectivity index (χ1n) is 5.84. The highest BCUT2D eigenvalue weighted by Crippen LogP contribution is 2.29. The second kappa shape index (κ2) is 6.81. The van der Waals surface area contributed by atoms with Crippen molar-refractivity contribution < 1.29 is 0 Å². The molecule has 1 atom stereocenters. The third-order valence-corrected chi connectivity index (χ3v) is 4.53. The van der Waals surface area contributed by atoms with Gasteiger partial charge in [0.1, 0.15) is 0 Å². The molecular weight excluding hydrogens is 346 g/mol. The maximum atomic E-state index is 5.98. The average molecular weight is 361 g/mol. The maximum Gasteiger partial charge on any atom is 0.0795 e. The first-order chi connectivity index (χ1) is 9.11. The predicted octanol–water partition coefficient (Wildman–Crippen LogP) is 3.69. The fourth-order valence-electron chi connectivity index (χ4n) is 2.00. The molecule has 0 saturated carbocycles. The molecule has 0 radical (unpaired) electrons. The standard InChI is InChI=1S/C13H15BrClN3S/c1-18(6-10-7-19-8-17-10)13(5-16)11-3-2-9(15)4-12(11)14/h2-4,7-8,13H,5-6,16H2,1H3. The third kappa shape index (κ3) is 3.77. The highest BCUT2D eigenvalue weighted by Gasteiger charge is 2.18. The number of hydrogen-bond acceptors (Lipinski definition) is 4. The van der Waals surface area contributed by atoms with E-state index in [0.29, 0.717) is 11.6 Å². The summed E-state index contributed by atoms with van der Waals surface area (Å²) in [5.41, 5.74) is 9.98. The first kappa shape index (κ1) is 14.9. The predicted molar refractivity (Wildman–Crippen MR) is 84.5 cm³/mol. The molecule has 0 spiro atoms. The minimum atomic E-state index is 0.133. The quantitative estimate of drug-likeness (QED) is 0.884. The summed E-state index contributed by atoms with van der Waals surface area (Å²) in [5, 5.41) is 2.77. The molecule has 1 aromatic carbocycles. The lowest BCUT2D eigenvalue weighted by Gasteiger charge is -2.27. The number of rotatable bonds is 5. The van der Waals surface area contributed by atoms with Crippen LogP contribution in [0.2, 0.25) is 5.02 Å². The molecule has 6 heteroatoms. The van der Waals surface area contributed by atoms with Crippen molar-refractivity contribution in [3.05, 3.63) is 49.8 Å². The highest BCUT2D eigenvalue weighted by molar-refractivity contribution is 9.10. The number of likely N-dealkylation sites (N-methyl/N-ethyl adjacent to an activating group) is 1. The van der Waals surface area contributed by atoms with Crippen LogP contribution in [-0.2, 0) is 6.54 Å². The van der Waals surface area contributed by atoms with E-state index >= 15 is 0 Å². The fourth-order valence-corrected chi connectivity index (χ4v) is 3.49. The zero-order chi connectivity index (χ0) is 13.8. The summed E-state index contributed by atoms with van der Waals surface area (Å²) in [6.07, 6.45) is 0. The molecule has 2 rings (SSSR count). The number of aromatic nitrogens is 1. The van der Waals surface area contributed by atoms with Crippen LogP contribution in [0.5, 0.6) is 0 Å². The van der Waals surface area contributed by atoms with Crippen LogP contribution in [0, 0.1) is 0 Å². The summed E-state index contributed by atoms with van der Waals surface area (Å²) in [5.74, 6) is 0. The van der Waals surface area contributed by atoms with Crippen LogP contribution in [0.1, 0.15) is 17.3 Å². The van der Waals surface area contributed by atoms with Crippen molar-refractivity contribution in [3.8, 4) is 0 Å². The van der Waals surface area contributed by atoms with Gasteiger partial charge in [0.25, 0.3) is 0 Å². The van der Waals surface area contributed by atoms with Crippen LogP contribution in [0.4, 0.5) is 0 Å². The fraction of sp³-hybridized carbons (Fsp3) is 0.308. The van der Waals surface area contributed by atoms with Crippen LogP contribution in [-0.4, -0.2) is 23.5 Å². The Morgan fingerprint density at radius 3 is 2.89 bits per heavy atom. The molecule has 0 aliphatic heterocycles. The minimum Gasteiger partial charge on any atom is -0.329 e. The van der Waals surface area contributed by atoms with Crippen molar-refractivity contribution >= 4 is 38.9 Å². The van der Waals surface area contributed by atoms with E-state index in [1.54, 1.807) is 11.3 Å². The van der Waals surface area contributed by atoms with Crippen molar-refractivity contribution in [1.82, 2.24) is 9.88 Å². The molecule has 0 bridgehead atoms. The number of benzene rings is 1. The number of thiazole rings is 1. The van der Waals surface area contributed by atoms with Gasteiger partial charge in [-0.15, -0.1) is 11.3 Å². The molecule has 1 aromatic heterocycles. The molecule has 0 fully saturated rings. The van der Waals surface area contributed by atoms with E-state index in [4.69, 9.17) is 17.3 Å². The van der Waals surface area contributed by atoms with E-state index in [1.165, 1.54) is 0 Å².